The molecule has 0 bridgehead atoms. The lowest BCUT2D eigenvalue weighted by Gasteiger charge is -2.35. The van der Waals surface area contributed by atoms with Crippen molar-refractivity contribution >= 4 is 5.69 Å². The van der Waals surface area contributed by atoms with E-state index in [2.05, 4.69) is 10.6 Å². The number of nitrogens with one attached hydrogen (secondary N) is 2. The molecule has 1 saturated carbocycles. The molecule has 0 spiro atoms. The minimum atomic E-state index is 0.343. The standard InChI is InChI=1S/C13H18N2O/c16-10-4-5-11-12(15-9-2-1-3-9)6-7-14-13(11)8-10/h4-5,8-9,12,14-16H,1-3,6-7H2. The zero-order chi connectivity index (χ0) is 11.0. The molecule has 1 aliphatic heterocycles. The van der Waals surface area contributed by atoms with Crippen LogP contribution in [-0.2, 0) is 0 Å². The van der Waals surface area contributed by atoms with Gasteiger partial charge >= 0.3 is 0 Å². The molecule has 0 radical (unpaired) electrons. The lowest BCUT2D eigenvalue weighted by molar-refractivity contribution is 0.298. The van der Waals surface area contributed by atoms with Gasteiger partial charge in [-0.3, -0.25) is 0 Å². The number of rotatable bonds is 2. The molecule has 16 heavy (non-hydrogen) atoms. The van der Waals surface area contributed by atoms with Gasteiger partial charge in [0.25, 0.3) is 0 Å². The van der Waals surface area contributed by atoms with Gasteiger partial charge in [-0.2, -0.15) is 0 Å². The van der Waals surface area contributed by atoms with Crippen LogP contribution in [0.15, 0.2) is 18.2 Å². The van der Waals surface area contributed by atoms with Gasteiger partial charge in [0.05, 0.1) is 0 Å². The molecule has 0 amide bonds. The van der Waals surface area contributed by atoms with E-state index in [9.17, 15) is 5.11 Å². The first-order valence-electron chi connectivity index (χ1n) is 6.16. The monoisotopic (exact) mass is 218 g/mol. The molecule has 0 saturated heterocycles. The fourth-order valence-corrected chi connectivity index (χ4v) is 2.54. The minimum Gasteiger partial charge on any atom is -0.508 e. The molecule has 0 aromatic heterocycles. The number of phenols is 1. The summed E-state index contributed by atoms with van der Waals surface area (Å²) in [5.74, 6) is 0.343. The van der Waals surface area contributed by atoms with E-state index in [0.717, 1.165) is 18.7 Å². The summed E-state index contributed by atoms with van der Waals surface area (Å²) < 4.78 is 0. The van der Waals surface area contributed by atoms with Crippen LogP contribution >= 0.6 is 0 Å². The molecular formula is C13H18N2O. The third-order valence-corrected chi connectivity index (χ3v) is 3.70. The van der Waals surface area contributed by atoms with Gasteiger partial charge in [-0.25, -0.2) is 0 Å². The van der Waals surface area contributed by atoms with Crippen LogP contribution in [0, 0.1) is 0 Å². The van der Waals surface area contributed by atoms with Gasteiger partial charge in [0.1, 0.15) is 5.75 Å². The van der Waals surface area contributed by atoms with Crippen LogP contribution in [0.1, 0.15) is 37.3 Å². The summed E-state index contributed by atoms with van der Waals surface area (Å²) in [6, 6.07) is 6.81. The Morgan fingerprint density at radius 3 is 2.88 bits per heavy atom. The summed E-state index contributed by atoms with van der Waals surface area (Å²) in [5, 5.41) is 16.5. The maximum absolute atomic E-state index is 9.45. The highest BCUT2D eigenvalue weighted by atomic mass is 16.3. The largest absolute Gasteiger partial charge is 0.508 e. The number of hydrogen-bond donors (Lipinski definition) is 3. The molecule has 1 heterocycles. The van der Waals surface area contributed by atoms with Crippen molar-refractivity contribution < 1.29 is 5.11 Å². The van der Waals surface area contributed by atoms with Crippen molar-refractivity contribution in [3.05, 3.63) is 23.8 Å². The molecule has 1 aromatic rings. The van der Waals surface area contributed by atoms with Crippen LogP contribution in [0.5, 0.6) is 5.75 Å². The Kier molecular flexibility index (Phi) is 2.48. The van der Waals surface area contributed by atoms with Crippen LogP contribution in [-0.4, -0.2) is 17.7 Å². The first-order chi connectivity index (χ1) is 7.83. The molecule has 2 aliphatic rings. The van der Waals surface area contributed by atoms with E-state index in [4.69, 9.17) is 0 Å². The van der Waals surface area contributed by atoms with Crippen LogP contribution in [0.4, 0.5) is 5.69 Å². The Morgan fingerprint density at radius 1 is 1.25 bits per heavy atom. The zero-order valence-corrected chi connectivity index (χ0v) is 9.37. The molecule has 86 valence electrons. The third kappa shape index (κ3) is 1.76. The van der Waals surface area contributed by atoms with E-state index in [1.807, 2.05) is 12.1 Å². The summed E-state index contributed by atoms with van der Waals surface area (Å²) in [7, 11) is 0. The van der Waals surface area contributed by atoms with E-state index >= 15 is 0 Å². The maximum atomic E-state index is 9.45. The third-order valence-electron chi connectivity index (χ3n) is 3.70. The lowest BCUT2D eigenvalue weighted by atomic mass is 9.89. The van der Waals surface area contributed by atoms with Crippen molar-refractivity contribution in [2.24, 2.45) is 0 Å². The zero-order valence-electron chi connectivity index (χ0n) is 9.37. The number of aromatic hydroxyl groups is 1. The highest BCUT2D eigenvalue weighted by Gasteiger charge is 2.25. The average molecular weight is 218 g/mol. The summed E-state index contributed by atoms with van der Waals surface area (Å²) in [5.41, 5.74) is 2.39. The highest BCUT2D eigenvalue weighted by molar-refractivity contribution is 5.57. The number of fused-ring (bicyclic) bond motifs is 1. The van der Waals surface area contributed by atoms with Crippen molar-refractivity contribution in [1.29, 1.82) is 0 Å². The van der Waals surface area contributed by atoms with Crippen LogP contribution in [0.3, 0.4) is 0 Å². The molecule has 1 fully saturated rings. The Balaban J connectivity index is 1.81. The van der Waals surface area contributed by atoms with Crippen molar-refractivity contribution in [2.45, 2.75) is 37.8 Å². The number of anilines is 1. The molecule has 1 aliphatic carbocycles. The summed E-state index contributed by atoms with van der Waals surface area (Å²) in [6.45, 7) is 0.987. The Bertz CT molecular complexity index is 388. The van der Waals surface area contributed by atoms with E-state index in [0.29, 0.717) is 17.8 Å². The van der Waals surface area contributed by atoms with Gasteiger partial charge in [0.15, 0.2) is 0 Å². The second kappa shape index (κ2) is 3.98. The lowest BCUT2D eigenvalue weighted by Crippen LogP contribution is -2.40. The first kappa shape index (κ1) is 9.97. The van der Waals surface area contributed by atoms with Crippen molar-refractivity contribution in [3.8, 4) is 5.75 Å². The Morgan fingerprint density at radius 2 is 2.12 bits per heavy atom. The summed E-state index contributed by atoms with van der Waals surface area (Å²) >= 11 is 0. The molecule has 3 nitrogen and oxygen atoms in total. The fraction of sp³-hybridized carbons (Fsp3) is 0.538. The average Bonchev–Trinajstić information content (AvgIpc) is 2.23. The second-order valence-electron chi connectivity index (χ2n) is 4.83. The van der Waals surface area contributed by atoms with E-state index in [1.54, 1.807) is 6.07 Å². The van der Waals surface area contributed by atoms with Gasteiger partial charge in [-0.05, 0) is 30.9 Å². The molecule has 1 unspecified atom stereocenters. The number of hydrogen-bond acceptors (Lipinski definition) is 3. The summed E-state index contributed by atoms with van der Waals surface area (Å²) in [6.07, 6.45) is 5.13. The Hall–Kier alpha value is -1.22. The number of benzene rings is 1. The predicted molar refractivity (Wildman–Crippen MR) is 64.7 cm³/mol. The van der Waals surface area contributed by atoms with E-state index in [1.165, 1.54) is 24.8 Å². The summed E-state index contributed by atoms with van der Waals surface area (Å²) in [4.78, 5) is 0. The first-order valence-corrected chi connectivity index (χ1v) is 6.16. The highest BCUT2D eigenvalue weighted by Crippen LogP contribution is 2.34. The van der Waals surface area contributed by atoms with Crippen LogP contribution in [0.25, 0.3) is 0 Å². The Labute approximate surface area is 95.9 Å². The quantitative estimate of drug-likeness (QED) is 0.714. The van der Waals surface area contributed by atoms with Gasteiger partial charge in [0, 0.05) is 30.4 Å². The van der Waals surface area contributed by atoms with Crippen LogP contribution < -0.4 is 10.6 Å². The normalized spacial score (nSPS) is 24.4. The van der Waals surface area contributed by atoms with Gasteiger partial charge in [0.2, 0.25) is 0 Å². The van der Waals surface area contributed by atoms with Crippen LogP contribution in [0.2, 0.25) is 0 Å². The maximum Gasteiger partial charge on any atom is 0.117 e. The SMILES string of the molecule is Oc1ccc2c(c1)NCCC2NC1CCC1. The molecule has 1 aromatic carbocycles. The molecule has 3 N–H and O–H groups in total. The van der Waals surface area contributed by atoms with Gasteiger partial charge in [-0.15, -0.1) is 0 Å². The van der Waals surface area contributed by atoms with E-state index in [-0.39, 0.29) is 0 Å². The molecule has 3 heteroatoms. The van der Waals surface area contributed by atoms with Crippen molar-refractivity contribution in [3.63, 3.8) is 0 Å². The van der Waals surface area contributed by atoms with E-state index < -0.39 is 0 Å². The topological polar surface area (TPSA) is 44.3 Å². The predicted octanol–water partition coefficient (Wildman–Crippen LogP) is 2.39. The fourth-order valence-electron chi connectivity index (χ4n) is 2.54. The van der Waals surface area contributed by atoms with Crippen molar-refractivity contribution in [2.75, 3.05) is 11.9 Å². The van der Waals surface area contributed by atoms with Crippen molar-refractivity contribution in [1.82, 2.24) is 5.32 Å². The second-order valence-corrected chi connectivity index (χ2v) is 4.83. The molecule has 3 rings (SSSR count). The number of phenolic OH excluding ortho intramolecular Hbond substituents is 1. The van der Waals surface area contributed by atoms with Gasteiger partial charge in [-0.1, -0.05) is 12.5 Å². The van der Waals surface area contributed by atoms with Gasteiger partial charge < -0.3 is 15.7 Å². The smallest absolute Gasteiger partial charge is 0.117 e. The molecule has 1 atom stereocenters. The molecular weight excluding hydrogens is 200 g/mol. The minimum absolute atomic E-state index is 0.343.